The maximum Gasteiger partial charge on any atom is 0.281 e. The molecule has 3 aromatic heterocycles. The fourth-order valence-electron chi connectivity index (χ4n) is 3.98. The minimum absolute atomic E-state index is 0.360. The highest BCUT2D eigenvalue weighted by atomic mass is 16.5. The molecule has 4 rings (SSSR count). The number of nitrogens with one attached hydrogen (secondary N) is 2. The molecule has 3 heterocycles. The summed E-state index contributed by atoms with van der Waals surface area (Å²) >= 11 is 0. The van der Waals surface area contributed by atoms with Gasteiger partial charge in [0.2, 0.25) is 11.8 Å². The molecule has 1 amide bonds. The molecule has 3 aromatic rings. The van der Waals surface area contributed by atoms with E-state index in [2.05, 4.69) is 30.6 Å². The van der Waals surface area contributed by atoms with Gasteiger partial charge in [-0.2, -0.15) is 4.99 Å². The first kappa shape index (κ1) is 23.3. The summed E-state index contributed by atoms with van der Waals surface area (Å²) in [4.78, 5) is 35.0. The summed E-state index contributed by atoms with van der Waals surface area (Å²) in [5, 5.41) is 7.87. The van der Waals surface area contributed by atoms with Crippen LogP contribution in [0.1, 0.15) is 36.0 Å². The number of hydrogen-bond donors (Lipinski definition) is 2. The molecule has 0 aliphatic heterocycles. The summed E-state index contributed by atoms with van der Waals surface area (Å²) in [6, 6.07) is 6.36. The first-order chi connectivity index (χ1) is 16.5. The van der Waals surface area contributed by atoms with Gasteiger partial charge in [0, 0.05) is 50.7 Å². The zero-order valence-electron chi connectivity index (χ0n) is 19.7. The second kappa shape index (κ2) is 10.9. The number of ether oxygens (including phenoxy) is 1. The number of methoxy groups -OCH3 is 1. The van der Waals surface area contributed by atoms with E-state index >= 15 is 0 Å². The molecule has 1 aliphatic carbocycles. The molecule has 1 saturated carbocycles. The van der Waals surface area contributed by atoms with Gasteiger partial charge in [-0.3, -0.25) is 4.79 Å². The molecule has 0 spiro atoms. The molecule has 0 unspecified atom stereocenters. The van der Waals surface area contributed by atoms with Gasteiger partial charge < -0.3 is 20.3 Å². The number of aromatic nitrogens is 4. The third-order valence-corrected chi connectivity index (χ3v) is 5.82. The summed E-state index contributed by atoms with van der Waals surface area (Å²) in [6.07, 6.45) is 10.5. The van der Waals surface area contributed by atoms with Crippen molar-refractivity contribution >= 4 is 34.9 Å². The van der Waals surface area contributed by atoms with Crippen LogP contribution in [0.3, 0.4) is 0 Å². The van der Waals surface area contributed by atoms with Crippen LogP contribution in [0.15, 0.2) is 41.8 Å². The maximum atomic E-state index is 12.0. The fourth-order valence-corrected chi connectivity index (χ4v) is 3.98. The Labute approximate surface area is 198 Å². The van der Waals surface area contributed by atoms with Gasteiger partial charge >= 0.3 is 0 Å². The fraction of sp³-hybridized carbons (Fsp3) is 0.417. The van der Waals surface area contributed by atoms with Gasteiger partial charge in [-0.1, -0.05) is 0 Å². The van der Waals surface area contributed by atoms with E-state index in [0.29, 0.717) is 29.4 Å². The topological polar surface area (TPSA) is 118 Å². The molecule has 178 valence electrons. The lowest BCUT2D eigenvalue weighted by molar-refractivity contribution is 0.100. The average molecular weight is 463 g/mol. The maximum absolute atomic E-state index is 12.0. The van der Waals surface area contributed by atoms with Crippen molar-refractivity contribution < 1.29 is 9.53 Å². The van der Waals surface area contributed by atoms with Crippen molar-refractivity contribution in [2.24, 2.45) is 10.9 Å². The Kier molecular flexibility index (Phi) is 7.46. The van der Waals surface area contributed by atoms with E-state index in [1.807, 2.05) is 18.2 Å². The van der Waals surface area contributed by atoms with Gasteiger partial charge in [0.15, 0.2) is 0 Å². The number of carbonyl (C=O) groups is 1. The van der Waals surface area contributed by atoms with Crippen molar-refractivity contribution in [2.75, 3.05) is 38.4 Å². The van der Waals surface area contributed by atoms with Gasteiger partial charge in [0.25, 0.3) is 5.91 Å². The number of aliphatic imine (C=N–C) groups is 1. The average Bonchev–Trinajstić information content (AvgIpc) is 2.86. The van der Waals surface area contributed by atoms with Gasteiger partial charge in [0.1, 0.15) is 11.3 Å². The number of amides is 1. The third kappa shape index (κ3) is 5.94. The largest absolute Gasteiger partial charge is 0.479 e. The number of anilines is 2. The van der Waals surface area contributed by atoms with Crippen molar-refractivity contribution in [3.63, 3.8) is 0 Å². The summed E-state index contributed by atoms with van der Waals surface area (Å²) in [5.41, 5.74) is 1.14. The van der Waals surface area contributed by atoms with E-state index in [-0.39, 0.29) is 5.91 Å². The zero-order chi connectivity index (χ0) is 23.9. The van der Waals surface area contributed by atoms with Crippen LogP contribution in [0.4, 0.5) is 11.8 Å². The van der Waals surface area contributed by atoms with E-state index in [0.717, 1.165) is 48.9 Å². The van der Waals surface area contributed by atoms with Crippen molar-refractivity contribution in [1.29, 1.82) is 0 Å². The first-order valence-corrected chi connectivity index (χ1v) is 11.4. The molecule has 2 N–H and O–H groups in total. The Hall–Kier alpha value is -3.82. The molecule has 0 aromatic carbocycles. The zero-order valence-corrected chi connectivity index (χ0v) is 19.7. The van der Waals surface area contributed by atoms with Crippen molar-refractivity contribution in [1.82, 2.24) is 24.8 Å². The quantitative estimate of drug-likeness (QED) is 0.384. The molecule has 0 saturated heterocycles. The van der Waals surface area contributed by atoms with Crippen LogP contribution in [0, 0.1) is 5.92 Å². The lowest BCUT2D eigenvalue weighted by Crippen LogP contribution is -2.29. The summed E-state index contributed by atoms with van der Waals surface area (Å²) in [7, 11) is 5.22. The second-order valence-electron chi connectivity index (χ2n) is 8.64. The highest BCUT2D eigenvalue weighted by molar-refractivity contribution is 5.98. The Morgan fingerprint density at radius 3 is 2.62 bits per heavy atom. The van der Waals surface area contributed by atoms with E-state index in [9.17, 15) is 4.79 Å². The Balaban J connectivity index is 1.24. The van der Waals surface area contributed by atoms with Crippen LogP contribution < -0.4 is 15.4 Å². The van der Waals surface area contributed by atoms with Crippen LogP contribution in [0.25, 0.3) is 10.9 Å². The molecule has 10 heteroatoms. The predicted octanol–water partition coefficient (Wildman–Crippen LogP) is 3.24. The summed E-state index contributed by atoms with van der Waals surface area (Å²) < 4.78 is 5.34. The standard InChI is InChI=1S/C24H30N8O2/c1-32(2)15-29-22(33)18-13-27-24(28-14-18)26-12-16-4-7-19(8-5-16)30-20-9-6-17-10-11-25-23(34-3)21(17)31-20/h6,9-11,13-16,19H,4-5,7-8,12H2,1-3H3,(H,30,31)(H,26,27,28). The molecule has 0 bridgehead atoms. The molecule has 1 aliphatic rings. The van der Waals surface area contributed by atoms with Gasteiger partial charge in [0.05, 0.1) is 19.0 Å². The highest BCUT2D eigenvalue weighted by Crippen LogP contribution is 2.28. The van der Waals surface area contributed by atoms with Crippen LogP contribution in [0.2, 0.25) is 0 Å². The van der Waals surface area contributed by atoms with Crippen molar-refractivity contribution in [3.8, 4) is 5.88 Å². The Morgan fingerprint density at radius 2 is 1.91 bits per heavy atom. The van der Waals surface area contributed by atoms with E-state index in [4.69, 9.17) is 9.72 Å². The molecule has 34 heavy (non-hydrogen) atoms. The third-order valence-electron chi connectivity index (χ3n) is 5.82. The smallest absolute Gasteiger partial charge is 0.281 e. The normalized spacial score (nSPS) is 18.1. The number of nitrogens with zero attached hydrogens (tertiary/aromatic N) is 6. The van der Waals surface area contributed by atoms with Gasteiger partial charge in [-0.05, 0) is 49.8 Å². The van der Waals surface area contributed by atoms with Crippen molar-refractivity contribution in [2.45, 2.75) is 31.7 Å². The van der Waals surface area contributed by atoms with E-state index in [1.165, 1.54) is 18.7 Å². The molecule has 0 atom stereocenters. The number of carbonyl (C=O) groups excluding carboxylic acids is 1. The van der Waals surface area contributed by atoms with Crippen molar-refractivity contribution in [3.05, 3.63) is 42.4 Å². The second-order valence-corrected chi connectivity index (χ2v) is 8.64. The lowest BCUT2D eigenvalue weighted by atomic mass is 9.86. The molecular formula is C24H30N8O2. The summed E-state index contributed by atoms with van der Waals surface area (Å²) in [5.74, 6) is 2.09. The van der Waals surface area contributed by atoms with Gasteiger partial charge in [-0.15, -0.1) is 0 Å². The predicted molar refractivity (Wildman–Crippen MR) is 132 cm³/mol. The Bertz CT molecular complexity index is 1140. The Morgan fingerprint density at radius 1 is 1.15 bits per heavy atom. The molecule has 1 fully saturated rings. The minimum atomic E-state index is -0.360. The molecule has 0 radical (unpaired) electrons. The van der Waals surface area contributed by atoms with Gasteiger partial charge in [-0.25, -0.2) is 19.9 Å². The molecular weight excluding hydrogens is 432 g/mol. The number of fused-ring (bicyclic) bond motifs is 1. The SMILES string of the molecule is COc1nccc2ccc(NC3CCC(CNc4ncc(C(=O)N=CN(C)C)cn4)CC3)nc12. The minimum Gasteiger partial charge on any atom is -0.479 e. The monoisotopic (exact) mass is 462 g/mol. The highest BCUT2D eigenvalue weighted by Gasteiger charge is 2.22. The van der Waals surface area contributed by atoms with Crippen LogP contribution in [-0.2, 0) is 0 Å². The first-order valence-electron chi connectivity index (χ1n) is 11.4. The van der Waals surface area contributed by atoms with Crippen LogP contribution in [-0.4, -0.2) is 70.9 Å². The molecule has 10 nitrogen and oxygen atoms in total. The number of hydrogen-bond acceptors (Lipinski definition) is 8. The number of pyridine rings is 2. The van der Waals surface area contributed by atoms with Crippen LogP contribution in [0.5, 0.6) is 5.88 Å². The van der Waals surface area contributed by atoms with E-state index in [1.54, 1.807) is 32.3 Å². The number of rotatable bonds is 8. The van der Waals surface area contributed by atoms with E-state index < -0.39 is 0 Å². The lowest BCUT2D eigenvalue weighted by Gasteiger charge is -2.29. The summed E-state index contributed by atoms with van der Waals surface area (Å²) in [6.45, 7) is 0.801. The van der Waals surface area contributed by atoms with Crippen LogP contribution >= 0.6 is 0 Å².